The van der Waals surface area contributed by atoms with E-state index < -0.39 is 9.84 Å². The molecule has 0 radical (unpaired) electrons. The zero-order valence-electron chi connectivity index (χ0n) is 12.6. The molecule has 1 aromatic rings. The Morgan fingerprint density at radius 2 is 2.19 bits per heavy atom. The topological polar surface area (TPSA) is 64.6 Å². The highest BCUT2D eigenvalue weighted by Crippen LogP contribution is 2.35. The van der Waals surface area contributed by atoms with E-state index in [1.165, 1.54) is 0 Å². The Labute approximate surface area is 126 Å². The minimum Gasteiger partial charge on any atom is -0.493 e. The Balaban J connectivity index is 1.86. The molecule has 1 aliphatic heterocycles. The third-order valence-electron chi connectivity index (χ3n) is 3.52. The predicted octanol–water partition coefficient (Wildman–Crippen LogP) is 1.93. The molecule has 1 heterocycles. The number of hydrogen-bond donors (Lipinski definition) is 1. The van der Waals surface area contributed by atoms with E-state index in [1.807, 2.05) is 18.2 Å². The smallest absolute Gasteiger partial charge is 0.150 e. The van der Waals surface area contributed by atoms with Crippen LogP contribution in [0.4, 0.5) is 0 Å². The van der Waals surface area contributed by atoms with E-state index in [1.54, 1.807) is 6.92 Å². The second-order valence-corrected chi connectivity index (χ2v) is 7.53. The molecule has 0 spiro atoms. The third-order valence-corrected chi connectivity index (χ3v) is 5.32. The van der Waals surface area contributed by atoms with Gasteiger partial charge in [0.1, 0.15) is 27.9 Å². The molecular weight excluding hydrogens is 290 g/mol. The summed E-state index contributed by atoms with van der Waals surface area (Å²) in [5.74, 6) is 1.93. The molecule has 0 saturated carbocycles. The van der Waals surface area contributed by atoms with Crippen molar-refractivity contribution in [1.82, 2.24) is 5.32 Å². The molecule has 2 rings (SSSR count). The fourth-order valence-electron chi connectivity index (χ4n) is 2.31. The Bertz CT molecular complexity index is 571. The first kappa shape index (κ1) is 16.1. The van der Waals surface area contributed by atoms with Crippen LogP contribution in [-0.2, 0) is 9.84 Å². The maximum Gasteiger partial charge on any atom is 0.150 e. The summed E-state index contributed by atoms with van der Waals surface area (Å²) in [7, 11) is -2.91. The van der Waals surface area contributed by atoms with Crippen molar-refractivity contribution < 1.29 is 17.9 Å². The molecule has 5 nitrogen and oxygen atoms in total. The van der Waals surface area contributed by atoms with E-state index in [9.17, 15) is 8.42 Å². The molecule has 1 N–H and O–H groups in total. The normalized spacial score (nSPS) is 17.3. The van der Waals surface area contributed by atoms with Gasteiger partial charge in [-0.3, -0.25) is 0 Å². The Morgan fingerprint density at radius 3 is 2.90 bits per heavy atom. The van der Waals surface area contributed by atoms with Crippen molar-refractivity contribution in [2.45, 2.75) is 26.3 Å². The Hall–Kier alpha value is -1.27. The van der Waals surface area contributed by atoms with Gasteiger partial charge in [0.05, 0.1) is 18.4 Å². The van der Waals surface area contributed by atoms with Crippen LogP contribution in [0.3, 0.4) is 0 Å². The fourth-order valence-corrected chi connectivity index (χ4v) is 3.16. The molecule has 0 amide bonds. The van der Waals surface area contributed by atoms with Crippen LogP contribution in [0.25, 0.3) is 0 Å². The largest absolute Gasteiger partial charge is 0.493 e. The van der Waals surface area contributed by atoms with E-state index in [-0.39, 0.29) is 17.5 Å². The summed E-state index contributed by atoms with van der Waals surface area (Å²) in [6.45, 7) is 5.67. The van der Waals surface area contributed by atoms with Crippen molar-refractivity contribution >= 4 is 9.84 Å². The van der Waals surface area contributed by atoms with E-state index in [0.29, 0.717) is 19.6 Å². The first-order valence-electron chi connectivity index (χ1n) is 7.39. The molecule has 0 fully saturated rings. The second-order valence-electron chi connectivity index (χ2n) is 5.06. The molecule has 6 heteroatoms. The van der Waals surface area contributed by atoms with Crippen LogP contribution in [0.15, 0.2) is 18.2 Å². The van der Waals surface area contributed by atoms with Gasteiger partial charge >= 0.3 is 0 Å². The van der Waals surface area contributed by atoms with Gasteiger partial charge in [0.25, 0.3) is 0 Å². The number of sulfone groups is 1. The summed E-state index contributed by atoms with van der Waals surface area (Å²) in [6, 6.07) is 6.04. The van der Waals surface area contributed by atoms with Gasteiger partial charge in [0.15, 0.2) is 0 Å². The molecule has 0 saturated heterocycles. The van der Waals surface area contributed by atoms with Crippen molar-refractivity contribution in [3.8, 4) is 11.5 Å². The molecular formula is C15H23NO4S. The molecule has 118 valence electrons. The van der Waals surface area contributed by atoms with Crippen LogP contribution < -0.4 is 14.8 Å². The zero-order chi connectivity index (χ0) is 15.3. The van der Waals surface area contributed by atoms with Crippen LogP contribution >= 0.6 is 0 Å². The number of benzene rings is 1. The van der Waals surface area contributed by atoms with Crippen molar-refractivity contribution in [3.63, 3.8) is 0 Å². The van der Waals surface area contributed by atoms with Gasteiger partial charge in [-0.15, -0.1) is 0 Å². The summed E-state index contributed by atoms with van der Waals surface area (Å²) in [6.07, 6.45) is 0.508. The van der Waals surface area contributed by atoms with E-state index in [4.69, 9.17) is 9.47 Å². The lowest BCUT2D eigenvalue weighted by atomic mass is 10.1. The minimum atomic E-state index is -2.91. The van der Waals surface area contributed by atoms with Crippen LogP contribution in [0.5, 0.6) is 11.5 Å². The van der Waals surface area contributed by atoms with Gasteiger partial charge in [0.2, 0.25) is 0 Å². The van der Waals surface area contributed by atoms with Gasteiger partial charge in [-0.2, -0.15) is 0 Å². The maximum absolute atomic E-state index is 11.4. The lowest BCUT2D eigenvalue weighted by molar-refractivity contribution is 0.304. The minimum absolute atomic E-state index is 0.174. The SMILES string of the molecule is CCNC1COc2cc(OCCCS(=O)(=O)CC)ccc21. The van der Waals surface area contributed by atoms with Crippen LogP contribution in [0.2, 0.25) is 0 Å². The lowest BCUT2D eigenvalue weighted by Crippen LogP contribution is -2.21. The van der Waals surface area contributed by atoms with Crippen molar-refractivity contribution in [2.75, 3.05) is 31.3 Å². The van der Waals surface area contributed by atoms with Gasteiger partial charge in [0, 0.05) is 17.4 Å². The fraction of sp³-hybridized carbons (Fsp3) is 0.600. The quantitative estimate of drug-likeness (QED) is 0.743. The van der Waals surface area contributed by atoms with E-state index in [2.05, 4.69) is 12.2 Å². The highest BCUT2D eigenvalue weighted by Gasteiger charge is 2.23. The third kappa shape index (κ3) is 4.35. The highest BCUT2D eigenvalue weighted by molar-refractivity contribution is 7.91. The van der Waals surface area contributed by atoms with Crippen molar-refractivity contribution in [2.24, 2.45) is 0 Å². The molecule has 1 aromatic carbocycles. The molecule has 0 bridgehead atoms. The number of nitrogens with one attached hydrogen (secondary N) is 1. The number of rotatable bonds is 8. The van der Waals surface area contributed by atoms with Gasteiger partial charge in [-0.25, -0.2) is 8.42 Å². The van der Waals surface area contributed by atoms with E-state index >= 15 is 0 Å². The van der Waals surface area contributed by atoms with Crippen molar-refractivity contribution in [1.29, 1.82) is 0 Å². The summed E-state index contributed by atoms with van der Waals surface area (Å²) < 4.78 is 34.0. The molecule has 1 unspecified atom stereocenters. The molecule has 1 aliphatic rings. The standard InChI is InChI=1S/C15H23NO4S/c1-3-16-14-11-20-15-10-12(6-7-13(14)15)19-8-5-9-21(17,18)4-2/h6-7,10,14,16H,3-5,8-9,11H2,1-2H3. The molecule has 0 aromatic heterocycles. The molecule has 21 heavy (non-hydrogen) atoms. The average molecular weight is 313 g/mol. The number of fused-ring (bicyclic) bond motifs is 1. The highest BCUT2D eigenvalue weighted by atomic mass is 32.2. The lowest BCUT2D eigenvalue weighted by Gasteiger charge is -2.10. The average Bonchev–Trinajstić information content (AvgIpc) is 2.87. The first-order chi connectivity index (χ1) is 10.1. The number of hydrogen-bond acceptors (Lipinski definition) is 5. The maximum atomic E-state index is 11.4. The first-order valence-corrected chi connectivity index (χ1v) is 9.21. The molecule has 1 atom stereocenters. The number of ether oxygens (including phenoxy) is 2. The zero-order valence-corrected chi connectivity index (χ0v) is 13.4. The summed E-state index contributed by atoms with van der Waals surface area (Å²) in [5.41, 5.74) is 1.15. The van der Waals surface area contributed by atoms with Crippen LogP contribution in [-0.4, -0.2) is 39.7 Å². The van der Waals surface area contributed by atoms with Crippen LogP contribution in [0, 0.1) is 0 Å². The predicted molar refractivity (Wildman–Crippen MR) is 82.8 cm³/mol. The number of likely N-dealkylation sites (N-methyl/N-ethyl adjacent to an activating group) is 1. The van der Waals surface area contributed by atoms with Gasteiger partial charge < -0.3 is 14.8 Å². The van der Waals surface area contributed by atoms with Gasteiger partial charge in [-0.1, -0.05) is 13.8 Å². The van der Waals surface area contributed by atoms with Crippen LogP contribution in [0.1, 0.15) is 31.9 Å². The summed E-state index contributed by atoms with van der Waals surface area (Å²) in [5, 5.41) is 3.36. The summed E-state index contributed by atoms with van der Waals surface area (Å²) >= 11 is 0. The summed E-state index contributed by atoms with van der Waals surface area (Å²) in [4.78, 5) is 0. The Morgan fingerprint density at radius 1 is 1.38 bits per heavy atom. The Kier molecular flexibility index (Phi) is 5.47. The monoisotopic (exact) mass is 313 g/mol. The van der Waals surface area contributed by atoms with Crippen molar-refractivity contribution in [3.05, 3.63) is 23.8 Å². The second kappa shape index (κ2) is 7.13. The van der Waals surface area contributed by atoms with E-state index in [0.717, 1.165) is 23.6 Å². The molecule has 0 aliphatic carbocycles. The van der Waals surface area contributed by atoms with Gasteiger partial charge in [-0.05, 0) is 25.1 Å².